The Kier molecular flexibility index (Phi) is 2.49. The van der Waals surface area contributed by atoms with E-state index in [1.165, 1.54) is 0 Å². The molecule has 1 heterocycles. The number of hydrogen-bond acceptors (Lipinski definition) is 2. The van der Waals surface area contributed by atoms with Crippen LogP contribution in [0.25, 0.3) is 0 Å². The number of aromatic nitrogens is 2. The van der Waals surface area contributed by atoms with Crippen LogP contribution in [-0.4, -0.2) is 9.78 Å². The van der Waals surface area contributed by atoms with Crippen molar-refractivity contribution >= 4 is 0 Å². The molecule has 0 atom stereocenters. The monoisotopic (exact) mass is 163 g/mol. The molecule has 0 aliphatic heterocycles. The molecule has 0 aromatic carbocycles. The molecule has 0 saturated carbocycles. The summed E-state index contributed by atoms with van der Waals surface area (Å²) < 4.78 is 1.80. The van der Waals surface area contributed by atoms with Gasteiger partial charge in [-0.15, -0.1) is 0 Å². The van der Waals surface area contributed by atoms with Crippen molar-refractivity contribution in [3.63, 3.8) is 0 Å². The molecule has 3 nitrogen and oxygen atoms in total. The van der Waals surface area contributed by atoms with Crippen molar-refractivity contribution in [1.82, 2.24) is 9.78 Å². The zero-order valence-corrected chi connectivity index (χ0v) is 7.70. The van der Waals surface area contributed by atoms with E-state index >= 15 is 0 Å². The fourth-order valence-corrected chi connectivity index (χ4v) is 1.11. The summed E-state index contributed by atoms with van der Waals surface area (Å²) in [6.45, 7) is 6.97. The predicted octanol–water partition coefficient (Wildman–Crippen LogP) is 1.90. The van der Waals surface area contributed by atoms with E-state index in [1.54, 1.807) is 4.68 Å². The standard InChI is InChI=1S/C9H13N3/c1-4-12-6-8(7(2)3)9(5-10)11-12/h6-7H,4H2,1-3H3. The van der Waals surface area contributed by atoms with Gasteiger partial charge in [-0.3, -0.25) is 4.68 Å². The van der Waals surface area contributed by atoms with E-state index in [0.29, 0.717) is 11.6 Å². The van der Waals surface area contributed by atoms with Crippen LogP contribution in [0.5, 0.6) is 0 Å². The van der Waals surface area contributed by atoms with Crippen LogP contribution in [-0.2, 0) is 6.54 Å². The van der Waals surface area contributed by atoms with Crippen molar-refractivity contribution < 1.29 is 0 Å². The van der Waals surface area contributed by atoms with E-state index in [4.69, 9.17) is 5.26 Å². The number of nitrogens with zero attached hydrogens (tertiary/aromatic N) is 3. The van der Waals surface area contributed by atoms with E-state index < -0.39 is 0 Å². The van der Waals surface area contributed by atoms with Gasteiger partial charge in [-0.25, -0.2) is 0 Å². The van der Waals surface area contributed by atoms with E-state index in [0.717, 1.165) is 12.1 Å². The Morgan fingerprint density at radius 3 is 2.67 bits per heavy atom. The highest BCUT2D eigenvalue weighted by atomic mass is 15.3. The van der Waals surface area contributed by atoms with Crippen LogP contribution >= 0.6 is 0 Å². The number of aryl methyl sites for hydroxylation is 1. The summed E-state index contributed by atoms with van der Waals surface area (Å²) >= 11 is 0. The largest absolute Gasteiger partial charge is 0.271 e. The van der Waals surface area contributed by atoms with Crippen LogP contribution in [0.3, 0.4) is 0 Å². The lowest BCUT2D eigenvalue weighted by molar-refractivity contribution is 0.656. The maximum atomic E-state index is 8.75. The summed E-state index contributed by atoms with van der Waals surface area (Å²) in [5.74, 6) is 0.375. The fraction of sp³-hybridized carbons (Fsp3) is 0.556. The second-order valence-corrected chi connectivity index (χ2v) is 3.06. The number of hydrogen-bond donors (Lipinski definition) is 0. The molecule has 1 aromatic rings. The summed E-state index contributed by atoms with van der Waals surface area (Å²) in [5, 5.41) is 12.9. The van der Waals surface area contributed by atoms with Gasteiger partial charge < -0.3 is 0 Å². The van der Waals surface area contributed by atoms with Gasteiger partial charge >= 0.3 is 0 Å². The Morgan fingerprint density at radius 1 is 1.67 bits per heavy atom. The smallest absolute Gasteiger partial charge is 0.165 e. The molecule has 0 aliphatic carbocycles. The van der Waals surface area contributed by atoms with Crippen LogP contribution in [0.4, 0.5) is 0 Å². The SMILES string of the molecule is CCn1cc(C(C)C)c(C#N)n1. The Morgan fingerprint density at radius 2 is 2.33 bits per heavy atom. The van der Waals surface area contributed by atoms with Crippen LogP contribution in [0.15, 0.2) is 6.20 Å². The second kappa shape index (κ2) is 3.40. The molecule has 0 fully saturated rings. The second-order valence-electron chi connectivity index (χ2n) is 3.06. The van der Waals surface area contributed by atoms with Crippen molar-refractivity contribution in [3.8, 4) is 6.07 Å². The molecule has 1 aromatic heterocycles. The Labute approximate surface area is 72.6 Å². The molecule has 0 saturated heterocycles. The third-order valence-electron chi connectivity index (χ3n) is 1.84. The van der Waals surface area contributed by atoms with Crippen molar-refractivity contribution in [3.05, 3.63) is 17.5 Å². The van der Waals surface area contributed by atoms with Crippen LogP contribution in [0, 0.1) is 11.3 Å². The van der Waals surface area contributed by atoms with Gasteiger partial charge in [0.2, 0.25) is 0 Å². The van der Waals surface area contributed by atoms with Gasteiger partial charge in [0, 0.05) is 18.3 Å². The normalized spacial score (nSPS) is 10.2. The molecule has 12 heavy (non-hydrogen) atoms. The molecule has 0 aliphatic rings. The molecular weight excluding hydrogens is 150 g/mol. The first-order chi connectivity index (χ1) is 5.69. The van der Waals surface area contributed by atoms with E-state index in [-0.39, 0.29) is 0 Å². The maximum Gasteiger partial charge on any atom is 0.165 e. The zero-order chi connectivity index (χ0) is 9.14. The van der Waals surface area contributed by atoms with Crippen molar-refractivity contribution in [2.45, 2.75) is 33.2 Å². The van der Waals surface area contributed by atoms with Crippen molar-refractivity contribution in [1.29, 1.82) is 5.26 Å². The third-order valence-corrected chi connectivity index (χ3v) is 1.84. The quantitative estimate of drug-likeness (QED) is 0.668. The minimum absolute atomic E-state index is 0.375. The van der Waals surface area contributed by atoms with Gasteiger partial charge in [0.05, 0.1) is 0 Å². The number of nitriles is 1. The maximum absolute atomic E-state index is 8.75. The van der Waals surface area contributed by atoms with E-state index in [2.05, 4.69) is 25.0 Å². The Bertz CT molecular complexity index is 304. The van der Waals surface area contributed by atoms with Gasteiger partial charge in [0.15, 0.2) is 5.69 Å². The first kappa shape index (κ1) is 8.79. The fourth-order valence-electron chi connectivity index (χ4n) is 1.11. The minimum Gasteiger partial charge on any atom is -0.271 e. The highest BCUT2D eigenvalue weighted by molar-refractivity contribution is 5.31. The lowest BCUT2D eigenvalue weighted by Crippen LogP contribution is -1.93. The molecule has 1 rings (SSSR count). The van der Waals surface area contributed by atoms with Gasteiger partial charge in [-0.1, -0.05) is 13.8 Å². The molecule has 0 spiro atoms. The van der Waals surface area contributed by atoms with Gasteiger partial charge in [0.1, 0.15) is 6.07 Å². The predicted molar refractivity (Wildman–Crippen MR) is 46.7 cm³/mol. The molecule has 3 heteroatoms. The van der Waals surface area contributed by atoms with Crippen LogP contribution < -0.4 is 0 Å². The Hall–Kier alpha value is -1.30. The average molecular weight is 163 g/mol. The summed E-state index contributed by atoms with van der Waals surface area (Å²) in [6.07, 6.45) is 1.95. The molecule has 0 amide bonds. The molecular formula is C9H13N3. The van der Waals surface area contributed by atoms with Gasteiger partial charge in [0.25, 0.3) is 0 Å². The molecule has 64 valence electrons. The van der Waals surface area contributed by atoms with Crippen molar-refractivity contribution in [2.75, 3.05) is 0 Å². The average Bonchev–Trinajstić information content (AvgIpc) is 2.47. The lowest BCUT2D eigenvalue weighted by Gasteiger charge is -1.98. The topological polar surface area (TPSA) is 41.6 Å². The highest BCUT2D eigenvalue weighted by Crippen LogP contribution is 2.17. The minimum atomic E-state index is 0.375. The summed E-state index contributed by atoms with van der Waals surface area (Å²) in [4.78, 5) is 0. The zero-order valence-electron chi connectivity index (χ0n) is 7.70. The third kappa shape index (κ3) is 1.48. The van der Waals surface area contributed by atoms with Crippen LogP contribution in [0.2, 0.25) is 0 Å². The summed E-state index contributed by atoms with van der Waals surface area (Å²) in [7, 11) is 0. The van der Waals surface area contributed by atoms with Gasteiger partial charge in [-0.2, -0.15) is 10.4 Å². The van der Waals surface area contributed by atoms with Gasteiger partial charge in [-0.05, 0) is 12.8 Å². The first-order valence-electron chi connectivity index (χ1n) is 4.16. The van der Waals surface area contributed by atoms with Crippen LogP contribution in [0.1, 0.15) is 37.9 Å². The lowest BCUT2D eigenvalue weighted by atomic mass is 10.1. The van der Waals surface area contributed by atoms with Crippen molar-refractivity contribution in [2.24, 2.45) is 0 Å². The van der Waals surface area contributed by atoms with E-state index in [1.807, 2.05) is 13.1 Å². The molecule has 0 unspecified atom stereocenters. The first-order valence-corrected chi connectivity index (χ1v) is 4.16. The number of rotatable bonds is 2. The summed E-state index contributed by atoms with van der Waals surface area (Å²) in [5.41, 5.74) is 1.60. The van der Waals surface area contributed by atoms with E-state index in [9.17, 15) is 0 Å². The summed E-state index contributed by atoms with van der Waals surface area (Å²) in [6, 6.07) is 2.10. The molecule has 0 bridgehead atoms. The molecule has 0 radical (unpaired) electrons. The Balaban J connectivity index is 3.10. The molecule has 0 N–H and O–H groups in total. The highest BCUT2D eigenvalue weighted by Gasteiger charge is 2.10.